The van der Waals surface area contributed by atoms with Crippen molar-refractivity contribution in [2.45, 2.75) is 24.9 Å². The molecule has 1 aromatic rings. The molecule has 0 spiro atoms. The lowest BCUT2D eigenvalue weighted by molar-refractivity contribution is -0.346. The molecule has 3 atom stereocenters. The number of hydrogen-bond donors (Lipinski definition) is 1. The first kappa shape index (κ1) is 19.2. The minimum Gasteiger partial charge on any atom is -0.790 e. The molecule has 2 N–H and O–H groups in total. The summed E-state index contributed by atoms with van der Waals surface area (Å²) < 4.78 is 35.8. The van der Waals surface area contributed by atoms with Gasteiger partial charge in [-0.3, -0.25) is 4.57 Å². The van der Waals surface area contributed by atoms with E-state index in [1.165, 1.54) is 12.3 Å². The molecule has 0 saturated carbocycles. The van der Waals surface area contributed by atoms with E-state index in [4.69, 9.17) is 10.5 Å². The van der Waals surface area contributed by atoms with Gasteiger partial charge in [-0.2, -0.15) is 4.98 Å². The Morgan fingerprint density at radius 2 is 2.00 bits per heavy atom. The Hall–Kier alpha value is -1.14. The molecule has 0 bridgehead atoms. The molecule has 0 aromatic carbocycles. The first-order valence-corrected chi connectivity index (χ1v) is 9.24. The van der Waals surface area contributed by atoms with Crippen molar-refractivity contribution in [3.8, 4) is 0 Å². The van der Waals surface area contributed by atoms with Gasteiger partial charge in [0.1, 0.15) is 18.1 Å². The second-order valence-corrected chi connectivity index (χ2v) is 7.00. The van der Waals surface area contributed by atoms with Crippen LogP contribution in [0.5, 0.6) is 0 Å². The van der Waals surface area contributed by atoms with Crippen molar-refractivity contribution >= 4 is 21.5 Å². The first-order valence-electron chi connectivity index (χ1n) is 6.32. The summed E-state index contributed by atoms with van der Waals surface area (Å²) in [5.74, 6) is -0.0656. The van der Waals surface area contributed by atoms with Gasteiger partial charge in [-0.25, -0.2) is 4.79 Å². The fraction of sp³-hybridized carbons (Fsp3) is 0.556. The zero-order valence-corrected chi connectivity index (χ0v) is 13.5. The molecule has 2 rings (SSSR count). The molecule has 24 heavy (non-hydrogen) atoms. The van der Waals surface area contributed by atoms with Crippen LogP contribution in [0, 0.1) is 0 Å². The van der Waals surface area contributed by atoms with Crippen LogP contribution < -0.4 is 31.0 Å². The molecule has 136 valence electrons. The number of ether oxygens (including phenoxy) is 1. The molecule has 2 heterocycles. The molecule has 13 nitrogen and oxygen atoms in total. The average molecular weight is 383 g/mol. The van der Waals surface area contributed by atoms with Crippen molar-refractivity contribution in [3.05, 3.63) is 22.7 Å². The molecule has 1 aromatic heterocycles. The molecule has 0 radical (unpaired) electrons. The molecular weight excluding hydrogens is 372 g/mol. The van der Waals surface area contributed by atoms with Gasteiger partial charge in [-0.15, -0.1) is 0 Å². The zero-order chi connectivity index (χ0) is 18.1. The monoisotopic (exact) mass is 383 g/mol. The second kappa shape index (κ2) is 7.00. The highest BCUT2D eigenvalue weighted by Gasteiger charge is 2.38. The number of nitrogens with zero attached hydrogens (tertiary/aromatic N) is 2. The maximum atomic E-state index is 11.7. The number of phosphoric acid groups is 2. The third kappa shape index (κ3) is 5.45. The summed E-state index contributed by atoms with van der Waals surface area (Å²) in [5.41, 5.74) is 4.50. The van der Waals surface area contributed by atoms with Gasteiger partial charge < -0.3 is 48.2 Å². The summed E-state index contributed by atoms with van der Waals surface area (Å²) in [7, 11) is -10.8. The summed E-state index contributed by atoms with van der Waals surface area (Å²) >= 11 is 0. The molecule has 0 amide bonds. The van der Waals surface area contributed by atoms with E-state index >= 15 is 0 Å². The predicted molar refractivity (Wildman–Crippen MR) is 67.5 cm³/mol. The molecule has 1 aliphatic rings. The van der Waals surface area contributed by atoms with Crippen molar-refractivity contribution in [2.24, 2.45) is 0 Å². The molecule has 1 fully saturated rings. The molecule has 0 unspecified atom stereocenters. The second-order valence-electron chi connectivity index (χ2n) is 4.74. The van der Waals surface area contributed by atoms with Crippen molar-refractivity contribution in [2.75, 3.05) is 12.3 Å². The maximum absolute atomic E-state index is 11.7. The van der Waals surface area contributed by atoms with Crippen LogP contribution in [0.15, 0.2) is 17.1 Å². The Labute approximate surface area is 134 Å². The molecule has 0 aliphatic carbocycles. The lowest BCUT2D eigenvalue weighted by atomic mass is 10.2. The van der Waals surface area contributed by atoms with Gasteiger partial charge in [0.15, 0.2) is 0 Å². The van der Waals surface area contributed by atoms with Gasteiger partial charge in [0.2, 0.25) is 0 Å². The van der Waals surface area contributed by atoms with Crippen LogP contribution in [0.4, 0.5) is 5.82 Å². The summed E-state index contributed by atoms with van der Waals surface area (Å²) in [6, 6.07) is 1.26. The summed E-state index contributed by atoms with van der Waals surface area (Å²) in [5, 5.41) is 0. The van der Waals surface area contributed by atoms with Crippen LogP contribution in [0.2, 0.25) is 0 Å². The molecule has 1 saturated heterocycles. The van der Waals surface area contributed by atoms with Gasteiger partial charge in [0, 0.05) is 12.6 Å². The van der Waals surface area contributed by atoms with Crippen LogP contribution in [-0.4, -0.2) is 28.4 Å². The van der Waals surface area contributed by atoms with E-state index in [1.807, 2.05) is 0 Å². The van der Waals surface area contributed by atoms with Crippen LogP contribution in [0.3, 0.4) is 0 Å². The Morgan fingerprint density at radius 3 is 2.54 bits per heavy atom. The molecule has 15 heteroatoms. The highest BCUT2D eigenvalue weighted by atomic mass is 31.2. The fourth-order valence-electron chi connectivity index (χ4n) is 2.11. The van der Waals surface area contributed by atoms with E-state index in [9.17, 15) is 33.5 Å². The third-order valence-electron chi connectivity index (χ3n) is 3.00. The average Bonchev–Trinajstić information content (AvgIpc) is 2.76. The number of aromatic nitrogens is 2. The summed E-state index contributed by atoms with van der Waals surface area (Å²) in [4.78, 5) is 57.8. The highest BCUT2D eigenvalue weighted by molar-refractivity contribution is 7.43. The van der Waals surface area contributed by atoms with E-state index in [0.29, 0.717) is 0 Å². The fourth-order valence-corrected chi connectivity index (χ4v) is 2.99. The number of nitrogen functional groups attached to an aromatic ring is 1. The number of phosphoric ester groups is 2. The summed E-state index contributed by atoms with van der Waals surface area (Å²) in [6.07, 6.45) is -3.08. The van der Waals surface area contributed by atoms with Crippen LogP contribution in [0.1, 0.15) is 12.6 Å². The number of anilines is 1. The SMILES string of the molecule is Nc1ccn([C@H]2C[C@H](OP(=O)([O-])[O-])[C@@H](COP(=O)([O-])[O-])O2)c(=O)n1. The van der Waals surface area contributed by atoms with Gasteiger partial charge in [0.05, 0.1) is 28.4 Å². The van der Waals surface area contributed by atoms with E-state index in [2.05, 4.69) is 14.0 Å². The van der Waals surface area contributed by atoms with Gasteiger partial charge in [-0.05, 0) is 6.07 Å². The van der Waals surface area contributed by atoms with Crippen molar-refractivity contribution in [1.82, 2.24) is 9.55 Å². The largest absolute Gasteiger partial charge is 0.790 e. The Morgan fingerprint density at radius 1 is 1.33 bits per heavy atom. The first-order chi connectivity index (χ1) is 10.9. The summed E-state index contributed by atoms with van der Waals surface area (Å²) in [6.45, 7) is -0.886. The predicted octanol–water partition coefficient (Wildman–Crippen LogP) is -3.83. The maximum Gasteiger partial charge on any atom is 0.351 e. The van der Waals surface area contributed by atoms with E-state index < -0.39 is 46.4 Å². The smallest absolute Gasteiger partial charge is 0.351 e. The Balaban J connectivity index is 2.20. The van der Waals surface area contributed by atoms with Gasteiger partial charge in [0.25, 0.3) is 0 Å². The number of rotatable bonds is 6. The van der Waals surface area contributed by atoms with Crippen molar-refractivity contribution < 1.29 is 42.5 Å². The Kier molecular flexibility index (Phi) is 5.60. The zero-order valence-electron chi connectivity index (χ0n) is 11.7. The minimum absolute atomic E-state index is 0.0656. The topological polar surface area (TPSA) is 215 Å². The van der Waals surface area contributed by atoms with E-state index in [-0.39, 0.29) is 12.2 Å². The van der Waals surface area contributed by atoms with E-state index in [1.54, 1.807) is 0 Å². The molecule has 1 aliphatic heterocycles. The minimum atomic E-state index is -5.44. The lowest BCUT2D eigenvalue weighted by Crippen LogP contribution is -2.33. The van der Waals surface area contributed by atoms with E-state index in [0.717, 1.165) is 4.57 Å². The third-order valence-corrected chi connectivity index (χ3v) is 4.00. The standard InChI is InChI=1S/C9H15N3O10P2/c10-7-1-2-12(9(13)11-7)8-3-5(22-24(17,18)19)6(21-8)4-20-23(14,15)16/h1-2,5-6,8H,3-4H2,(H2,10,11,13)(H2,14,15,16)(H2,17,18,19)/p-4/t5-,6+,8+/m0/s1. The van der Waals surface area contributed by atoms with Crippen LogP contribution in [-0.2, 0) is 22.9 Å². The van der Waals surface area contributed by atoms with Crippen molar-refractivity contribution in [3.63, 3.8) is 0 Å². The van der Waals surface area contributed by atoms with Gasteiger partial charge >= 0.3 is 5.69 Å². The van der Waals surface area contributed by atoms with Crippen LogP contribution in [0.25, 0.3) is 0 Å². The normalized spacial score (nSPS) is 25.1. The lowest BCUT2D eigenvalue weighted by Gasteiger charge is -2.35. The van der Waals surface area contributed by atoms with Crippen LogP contribution >= 0.6 is 15.6 Å². The Bertz CT molecular complexity index is 741. The quantitative estimate of drug-likeness (QED) is 0.467. The van der Waals surface area contributed by atoms with Crippen molar-refractivity contribution in [1.29, 1.82) is 0 Å². The number of hydrogen-bond acceptors (Lipinski definition) is 12. The van der Waals surface area contributed by atoms with Gasteiger partial charge in [-0.1, -0.05) is 0 Å². The number of nitrogens with two attached hydrogens (primary N) is 1. The highest BCUT2D eigenvalue weighted by Crippen LogP contribution is 2.39. The molecular formula is C9H11N3O10P2-4.